The summed E-state index contributed by atoms with van der Waals surface area (Å²) >= 11 is 6.41. The van der Waals surface area contributed by atoms with Crippen molar-refractivity contribution in [1.82, 2.24) is 46.0 Å². The van der Waals surface area contributed by atoms with Crippen LogP contribution in [0, 0.1) is 23.2 Å². The maximum Gasteiger partial charge on any atom is 0.314 e. The van der Waals surface area contributed by atoms with Crippen LogP contribution in [0.2, 0.25) is 5.02 Å². The minimum absolute atomic E-state index is 0.0263. The van der Waals surface area contributed by atoms with Gasteiger partial charge in [-0.15, -0.1) is 0 Å². The van der Waals surface area contributed by atoms with Crippen molar-refractivity contribution in [2.75, 3.05) is 118 Å². The molecule has 3 fully saturated rings. The average molecular weight is 959 g/mol. The molecule has 3 heterocycles. The lowest BCUT2D eigenvalue weighted by atomic mass is 10.0. The summed E-state index contributed by atoms with van der Waals surface area (Å²) in [6, 6.07) is 11.2. The van der Waals surface area contributed by atoms with Crippen LogP contribution in [0.5, 0.6) is 5.75 Å². The van der Waals surface area contributed by atoms with Gasteiger partial charge in [-0.1, -0.05) is 11.6 Å². The number of hydrogen-bond acceptors (Lipinski definition) is 14. The number of fused-ring (bicyclic) bond motifs is 1. The lowest BCUT2D eigenvalue weighted by molar-refractivity contribution is -0.123. The number of urea groups is 2. The summed E-state index contributed by atoms with van der Waals surface area (Å²) in [7, 11) is -4.14. The highest BCUT2D eigenvalue weighted by Crippen LogP contribution is 2.41. The average Bonchev–Trinajstić information content (AvgIpc) is 4.07. The van der Waals surface area contributed by atoms with E-state index in [0.717, 1.165) is 56.8 Å². The molecule has 0 saturated carbocycles. The Balaban J connectivity index is 0.786. The molecule has 3 saturated heterocycles. The van der Waals surface area contributed by atoms with Gasteiger partial charge in [-0.05, 0) is 92.7 Å². The molecule has 1 unspecified atom stereocenters. The van der Waals surface area contributed by atoms with E-state index in [-0.39, 0.29) is 34.8 Å². The van der Waals surface area contributed by atoms with Gasteiger partial charge >= 0.3 is 12.1 Å². The minimum atomic E-state index is -4.14. The number of amides is 6. The van der Waals surface area contributed by atoms with Crippen LogP contribution < -0.4 is 41.8 Å². The number of nitrogens with two attached hydrogens (primary N) is 1. The van der Waals surface area contributed by atoms with Crippen LogP contribution in [0.3, 0.4) is 0 Å². The highest BCUT2D eigenvalue weighted by Gasteiger charge is 2.40. The second-order valence-corrected chi connectivity index (χ2v) is 19.1. The van der Waals surface area contributed by atoms with Gasteiger partial charge in [0.05, 0.1) is 60.8 Å². The highest BCUT2D eigenvalue weighted by atomic mass is 35.5. The third-order valence-electron chi connectivity index (χ3n) is 12.4. The van der Waals surface area contributed by atoms with Gasteiger partial charge in [-0.3, -0.25) is 14.5 Å². The van der Waals surface area contributed by atoms with E-state index in [2.05, 4.69) is 47.2 Å². The predicted octanol–water partition coefficient (Wildman–Crippen LogP) is 0.507. The molecule has 6 amide bonds. The number of hydrogen-bond donors (Lipinski definition) is 7. The summed E-state index contributed by atoms with van der Waals surface area (Å²) in [5, 5.41) is 24.7. The predicted molar refractivity (Wildman–Crippen MR) is 245 cm³/mol. The number of likely N-dealkylation sites (tertiary alicyclic amines) is 2. The molecule has 0 spiro atoms. The van der Waals surface area contributed by atoms with E-state index in [1.165, 1.54) is 12.1 Å². The first-order valence-corrected chi connectivity index (χ1v) is 24.7. The van der Waals surface area contributed by atoms with Gasteiger partial charge in [0.15, 0.2) is 0 Å². The first-order chi connectivity index (χ1) is 31.9. The SMILES string of the molecule is N#Cc1cc(Cl)cc2c1C[C@H](N1CCNCC1)[C@H]2Oc1ccc(S(=O)(=O)NC(=O)[C@H]2CCN(CCOCCNC(=O)NCCCCNC(=O)NCCOCCN3CCC(C(N)=O)C3)C2)cc1. The Kier molecular flexibility index (Phi) is 19.5. The van der Waals surface area contributed by atoms with Crippen molar-refractivity contribution in [2.45, 2.75) is 49.1 Å². The van der Waals surface area contributed by atoms with Crippen LogP contribution >= 0.6 is 11.6 Å². The fourth-order valence-corrected chi connectivity index (χ4v) is 9.99. The number of benzene rings is 2. The van der Waals surface area contributed by atoms with Crippen molar-refractivity contribution in [3.8, 4) is 11.8 Å². The molecule has 3 aliphatic heterocycles. The lowest BCUT2D eigenvalue weighted by Gasteiger charge is -2.36. The normalized spacial score (nSPS) is 21.2. The summed E-state index contributed by atoms with van der Waals surface area (Å²) in [6.07, 6.45) is 2.88. The summed E-state index contributed by atoms with van der Waals surface area (Å²) in [6.45, 7) is 10.3. The third-order valence-corrected chi connectivity index (χ3v) is 13.9. The van der Waals surface area contributed by atoms with E-state index in [1.54, 1.807) is 18.2 Å². The van der Waals surface area contributed by atoms with Gasteiger partial charge in [-0.25, -0.2) is 22.7 Å². The molecule has 4 aliphatic rings. The molecule has 2 aromatic carbocycles. The molecule has 8 N–H and O–H groups in total. The molecule has 362 valence electrons. The number of sulfonamides is 1. The number of ether oxygens (including phenoxy) is 3. The van der Waals surface area contributed by atoms with Gasteiger partial charge in [0.1, 0.15) is 11.9 Å². The Morgan fingerprint density at radius 3 is 1.95 bits per heavy atom. The summed E-state index contributed by atoms with van der Waals surface area (Å²) in [5.74, 6) is -0.949. The van der Waals surface area contributed by atoms with Crippen molar-refractivity contribution in [1.29, 1.82) is 5.26 Å². The Bertz CT molecular complexity index is 2110. The lowest BCUT2D eigenvalue weighted by Crippen LogP contribution is -2.50. The molecule has 0 bridgehead atoms. The number of halogens is 1. The van der Waals surface area contributed by atoms with Crippen LogP contribution in [0.1, 0.15) is 48.5 Å². The maximum atomic E-state index is 13.3. The number of rotatable bonds is 24. The van der Waals surface area contributed by atoms with E-state index in [0.29, 0.717) is 121 Å². The van der Waals surface area contributed by atoms with E-state index >= 15 is 0 Å². The van der Waals surface area contributed by atoms with Crippen LogP contribution in [0.4, 0.5) is 9.59 Å². The standard InChI is InChI=1S/C44H64ClN11O9S/c45-34-25-33(28-46)37-27-39(56-17-11-48-12-18-56)40(38(37)26-34)65-35-3-5-36(6-4-35)66(61,62)53-42(58)32-8-16-55(30-32)20-24-64-22-14-52-44(60)50-10-2-1-9-49-43(59)51-13-21-63-23-19-54-15-7-31(29-54)41(47)57/h3-6,25-26,31-32,39-40,48H,1-2,7-24,27,29-30H2,(H2,47,57)(H,53,58)(H2,49,51,59)(H2,50,52,60)/t31?,32-,39-,40-/m0/s1. The molecule has 0 aromatic heterocycles. The number of primary amides is 1. The zero-order valence-corrected chi connectivity index (χ0v) is 38.9. The van der Waals surface area contributed by atoms with Crippen molar-refractivity contribution in [2.24, 2.45) is 17.6 Å². The fraction of sp³-hybridized carbons (Fsp3) is 0.614. The molecule has 20 nitrogen and oxygen atoms in total. The highest BCUT2D eigenvalue weighted by molar-refractivity contribution is 7.90. The largest absolute Gasteiger partial charge is 0.484 e. The third kappa shape index (κ3) is 15.1. The number of carbonyl (C=O) groups is 4. The molecule has 0 radical (unpaired) electrons. The summed E-state index contributed by atoms with van der Waals surface area (Å²) < 4.78 is 46.6. The fourth-order valence-electron chi connectivity index (χ4n) is 8.72. The van der Waals surface area contributed by atoms with E-state index in [9.17, 15) is 32.9 Å². The summed E-state index contributed by atoms with van der Waals surface area (Å²) in [5.41, 5.74) is 7.66. The molecule has 22 heteroatoms. The topological polar surface area (TPSA) is 262 Å². The monoisotopic (exact) mass is 957 g/mol. The van der Waals surface area contributed by atoms with Gasteiger partial charge in [0.2, 0.25) is 11.8 Å². The van der Waals surface area contributed by atoms with E-state index in [4.69, 9.17) is 31.5 Å². The van der Waals surface area contributed by atoms with Crippen molar-refractivity contribution in [3.05, 3.63) is 58.1 Å². The smallest absolute Gasteiger partial charge is 0.314 e. The number of unbranched alkanes of at least 4 members (excludes halogenated alkanes) is 1. The van der Waals surface area contributed by atoms with Crippen LogP contribution in [0.25, 0.3) is 0 Å². The number of nitrogens with zero attached hydrogens (tertiary/aromatic N) is 4. The molecular formula is C44H64ClN11O9S. The van der Waals surface area contributed by atoms with Gasteiger partial charge < -0.3 is 56.3 Å². The Morgan fingerprint density at radius 1 is 0.803 bits per heavy atom. The zero-order chi connectivity index (χ0) is 46.9. The first-order valence-electron chi connectivity index (χ1n) is 22.8. The van der Waals surface area contributed by atoms with Crippen LogP contribution in [-0.4, -0.2) is 171 Å². The molecule has 4 atom stereocenters. The Morgan fingerprint density at radius 2 is 1.38 bits per heavy atom. The Labute approximate surface area is 392 Å². The van der Waals surface area contributed by atoms with Crippen molar-refractivity contribution >= 4 is 45.5 Å². The number of piperazine rings is 1. The molecule has 66 heavy (non-hydrogen) atoms. The molecular weight excluding hydrogens is 894 g/mol. The maximum absolute atomic E-state index is 13.3. The van der Waals surface area contributed by atoms with Gasteiger partial charge in [0.25, 0.3) is 10.0 Å². The van der Waals surface area contributed by atoms with Crippen LogP contribution in [0.15, 0.2) is 41.3 Å². The molecule has 6 rings (SSSR count). The second-order valence-electron chi connectivity index (χ2n) is 16.9. The molecule has 1 aliphatic carbocycles. The quantitative estimate of drug-likeness (QED) is 0.0708. The Hall–Kier alpha value is -4.79. The second kappa shape index (κ2) is 25.4. The zero-order valence-electron chi connectivity index (χ0n) is 37.4. The van der Waals surface area contributed by atoms with Gasteiger partial charge in [0, 0.05) is 83.6 Å². The minimum Gasteiger partial charge on any atom is -0.484 e. The van der Waals surface area contributed by atoms with E-state index < -0.39 is 28.0 Å². The van der Waals surface area contributed by atoms with Gasteiger partial charge in [-0.2, -0.15) is 5.26 Å². The first kappa shape index (κ1) is 50.6. The summed E-state index contributed by atoms with van der Waals surface area (Å²) in [4.78, 5) is 55.0. The van der Waals surface area contributed by atoms with Crippen LogP contribution in [-0.2, 0) is 35.5 Å². The van der Waals surface area contributed by atoms with Crippen molar-refractivity contribution < 1.29 is 41.8 Å². The number of nitrogens with one attached hydrogen (secondary N) is 6. The molecule has 2 aromatic rings. The number of carbonyl (C=O) groups excluding carboxylic acids is 4. The van der Waals surface area contributed by atoms with Crippen molar-refractivity contribution in [3.63, 3.8) is 0 Å². The number of nitriles is 1. The van der Waals surface area contributed by atoms with E-state index in [1.807, 2.05) is 11.0 Å².